The lowest BCUT2D eigenvalue weighted by molar-refractivity contribution is -0.141. The molecule has 1 aliphatic rings. The van der Waals surface area contributed by atoms with Crippen LogP contribution in [-0.2, 0) is 6.18 Å². The van der Waals surface area contributed by atoms with E-state index in [1.54, 1.807) is 0 Å². The first-order chi connectivity index (χ1) is 14.3. The van der Waals surface area contributed by atoms with Gasteiger partial charge >= 0.3 is 6.18 Å². The highest BCUT2D eigenvalue weighted by Gasteiger charge is 2.48. The lowest BCUT2D eigenvalue weighted by atomic mass is 9.75. The first-order valence-corrected chi connectivity index (χ1v) is 9.58. The first kappa shape index (κ1) is 23.3. The van der Waals surface area contributed by atoms with Crippen molar-refractivity contribution in [2.75, 3.05) is 0 Å². The molecule has 1 aliphatic carbocycles. The summed E-state index contributed by atoms with van der Waals surface area (Å²) in [6.07, 6.45) is -6.34. The minimum atomic E-state index is -4.91. The van der Waals surface area contributed by atoms with Crippen molar-refractivity contribution in [3.8, 4) is 0 Å². The van der Waals surface area contributed by atoms with Crippen LogP contribution in [0.4, 0.5) is 26.3 Å². The summed E-state index contributed by atoms with van der Waals surface area (Å²) in [5.41, 5.74) is -3.85. The van der Waals surface area contributed by atoms with Crippen LogP contribution >= 0.6 is 11.6 Å². The largest absolute Gasteiger partial charge is 0.434 e. The average molecular weight is 467 g/mol. The average Bonchev–Trinajstić information content (AvgIpc) is 2.67. The van der Waals surface area contributed by atoms with E-state index in [1.807, 2.05) is 0 Å². The second-order valence-corrected chi connectivity index (χ2v) is 7.82. The van der Waals surface area contributed by atoms with Gasteiger partial charge in [-0.15, -0.1) is 0 Å². The number of aliphatic hydroxyl groups is 1. The Hall–Kier alpha value is -2.33. The molecular formula is C20H17ClF6N2O2. The van der Waals surface area contributed by atoms with E-state index < -0.39 is 77.4 Å². The van der Waals surface area contributed by atoms with Crippen LogP contribution in [0, 0.1) is 5.82 Å². The van der Waals surface area contributed by atoms with E-state index in [0.717, 1.165) is 24.4 Å². The summed E-state index contributed by atoms with van der Waals surface area (Å²) in [7, 11) is 0. The summed E-state index contributed by atoms with van der Waals surface area (Å²) in [5, 5.41) is 12.5. The molecule has 1 saturated carbocycles. The summed E-state index contributed by atoms with van der Waals surface area (Å²) >= 11 is 5.74. The molecule has 4 nitrogen and oxygen atoms in total. The van der Waals surface area contributed by atoms with Gasteiger partial charge in [0.2, 0.25) is 5.92 Å². The van der Waals surface area contributed by atoms with Crippen LogP contribution in [0.15, 0.2) is 36.5 Å². The number of carbonyl (C=O) groups excluding carboxylic acids is 1. The Kier molecular flexibility index (Phi) is 6.25. The van der Waals surface area contributed by atoms with Gasteiger partial charge in [-0.1, -0.05) is 23.7 Å². The Morgan fingerprint density at radius 3 is 2.39 bits per heavy atom. The SMILES string of the molecule is O=C(NC(c1cccc(F)c1)C1(O)CCC(F)(F)CC1)c1ccnc(C(F)(F)F)c1Cl. The Balaban J connectivity index is 1.97. The predicted octanol–water partition coefficient (Wildman–Crippen LogP) is 5.30. The van der Waals surface area contributed by atoms with Crippen LogP contribution < -0.4 is 5.32 Å². The zero-order chi connectivity index (χ0) is 23.0. The number of aromatic nitrogens is 1. The normalized spacial score (nSPS) is 19.0. The van der Waals surface area contributed by atoms with E-state index in [9.17, 15) is 36.2 Å². The van der Waals surface area contributed by atoms with Crippen LogP contribution in [-0.4, -0.2) is 27.5 Å². The van der Waals surface area contributed by atoms with E-state index in [2.05, 4.69) is 10.3 Å². The number of rotatable bonds is 4. The minimum Gasteiger partial charge on any atom is -0.387 e. The van der Waals surface area contributed by atoms with Crippen molar-refractivity contribution in [3.05, 3.63) is 64.2 Å². The van der Waals surface area contributed by atoms with Crippen molar-refractivity contribution in [2.24, 2.45) is 0 Å². The monoisotopic (exact) mass is 466 g/mol. The number of alkyl halides is 5. The summed E-state index contributed by atoms with van der Waals surface area (Å²) in [5.74, 6) is -4.81. The molecule has 1 aromatic carbocycles. The quantitative estimate of drug-likeness (QED) is 0.601. The molecule has 31 heavy (non-hydrogen) atoms. The number of amides is 1. The van der Waals surface area contributed by atoms with E-state index in [0.29, 0.717) is 0 Å². The van der Waals surface area contributed by atoms with E-state index in [-0.39, 0.29) is 5.56 Å². The fourth-order valence-electron chi connectivity index (χ4n) is 3.58. The third kappa shape index (κ3) is 5.12. The van der Waals surface area contributed by atoms with Crippen molar-refractivity contribution < 1.29 is 36.2 Å². The van der Waals surface area contributed by atoms with Gasteiger partial charge in [-0.2, -0.15) is 13.2 Å². The van der Waals surface area contributed by atoms with E-state index in [4.69, 9.17) is 11.6 Å². The topological polar surface area (TPSA) is 62.2 Å². The van der Waals surface area contributed by atoms with Gasteiger partial charge in [0.05, 0.1) is 22.2 Å². The molecule has 0 aliphatic heterocycles. The van der Waals surface area contributed by atoms with Crippen LogP contribution in [0.3, 0.4) is 0 Å². The van der Waals surface area contributed by atoms with Crippen molar-refractivity contribution >= 4 is 17.5 Å². The molecule has 11 heteroatoms. The fourth-order valence-corrected chi connectivity index (χ4v) is 3.88. The van der Waals surface area contributed by atoms with Crippen LogP contribution in [0.1, 0.15) is 53.3 Å². The molecule has 1 unspecified atom stereocenters. The van der Waals surface area contributed by atoms with Gasteiger partial charge in [0, 0.05) is 19.0 Å². The second-order valence-electron chi connectivity index (χ2n) is 7.44. The predicted molar refractivity (Wildman–Crippen MR) is 99.2 cm³/mol. The molecule has 0 radical (unpaired) electrons. The highest BCUT2D eigenvalue weighted by atomic mass is 35.5. The van der Waals surface area contributed by atoms with Gasteiger partial charge in [-0.3, -0.25) is 9.78 Å². The Morgan fingerprint density at radius 2 is 1.81 bits per heavy atom. The van der Waals surface area contributed by atoms with E-state index >= 15 is 0 Å². The molecule has 1 amide bonds. The standard InChI is InChI=1S/C20H17ClF6N2O2/c21-14-13(4-9-28-16(14)20(25,26)27)17(30)29-15(11-2-1-3-12(22)10-11)18(31)5-7-19(23,24)8-6-18/h1-4,9-10,15,31H,5-8H2,(H,29,30). The molecule has 1 atom stereocenters. The molecule has 1 aromatic heterocycles. The number of hydrogen-bond acceptors (Lipinski definition) is 3. The lowest BCUT2D eigenvalue weighted by Crippen LogP contribution is -2.50. The molecule has 168 valence electrons. The van der Waals surface area contributed by atoms with Crippen LogP contribution in [0.2, 0.25) is 5.02 Å². The summed E-state index contributed by atoms with van der Waals surface area (Å²) < 4.78 is 80.2. The highest BCUT2D eigenvalue weighted by Crippen LogP contribution is 2.44. The maximum absolute atomic E-state index is 13.8. The molecule has 2 aromatic rings. The smallest absolute Gasteiger partial charge is 0.387 e. The maximum Gasteiger partial charge on any atom is 0.434 e. The molecule has 1 fully saturated rings. The zero-order valence-electron chi connectivity index (χ0n) is 15.8. The van der Waals surface area contributed by atoms with Gasteiger partial charge in [-0.25, -0.2) is 13.2 Å². The van der Waals surface area contributed by atoms with Gasteiger partial charge in [0.15, 0.2) is 5.69 Å². The van der Waals surface area contributed by atoms with Crippen molar-refractivity contribution in [1.82, 2.24) is 10.3 Å². The van der Waals surface area contributed by atoms with Crippen molar-refractivity contribution in [2.45, 2.75) is 49.4 Å². The Morgan fingerprint density at radius 1 is 1.16 bits per heavy atom. The molecule has 1 heterocycles. The first-order valence-electron chi connectivity index (χ1n) is 9.21. The number of benzene rings is 1. The highest BCUT2D eigenvalue weighted by molar-refractivity contribution is 6.34. The Labute approximate surface area is 178 Å². The molecule has 0 spiro atoms. The molecule has 2 N–H and O–H groups in total. The number of hydrogen-bond donors (Lipinski definition) is 2. The van der Waals surface area contributed by atoms with Crippen LogP contribution in [0.5, 0.6) is 0 Å². The molecular weight excluding hydrogens is 450 g/mol. The number of nitrogens with zero attached hydrogens (tertiary/aromatic N) is 1. The van der Waals surface area contributed by atoms with Gasteiger partial charge in [0.1, 0.15) is 5.82 Å². The van der Waals surface area contributed by atoms with Gasteiger partial charge in [-0.05, 0) is 36.6 Å². The minimum absolute atomic E-state index is 0.0716. The summed E-state index contributed by atoms with van der Waals surface area (Å²) in [4.78, 5) is 15.9. The number of carbonyl (C=O) groups is 1. The summed E-state index contributed by atoms with van der Waals surface area (Å²) in [6.45, 7) is 0. The third-order valence-corrected chi connectivity index (χ3v) is 5.63. The molecule has 3 rings (SSSR count). The second kappa shape index (κ2) is 8.31. The Bertz CT molecular complexity index is 972. The van der Waals surface area contributed by atoms with E-state index in [1.165, 1.54) is 12.1 Å². The number of halogens is 7. The third-order valence-electron chi connectivity index (χ3n) is 5.24. The van der Waals surface area contributed by atoms with Gasteiger partial charge in [0.25, 0.3) is 5.91 Å². The fraction of sp³-hybridized carbons (Fsp3) is 0.400. The van der Waals surface area contributed by atoms with Crippen molar-refractivity contribution in [3.63, 3.8) is 0 Å². The zero-order valence-corrected chi connectivity index (χ0v) is 16.6. The van der Waals surface area contributed by atoms with Crippen molar-refractivity contribution in [1.29, 1.82) is 0 Å². The maximum atomic E-state index is 13.8. The summed E-state index contributed by atoms with van der Waals surface area (Å²) in [6, 6.07) is 4.36. The number of nitrogens with one attached hydrogen (secondary N) is 1. The number of pyridine rings is 1. The van der Waals surface area contributed by atoms with Gasteiger partial charge < -0.3 is 10.4 Å². The lowest BCUT2D eigenvalue weighted by Gasteiger charge is -2.42. The molecule has 0 bridgehead atoms. The molecule has 0 saturated heterocycles. The van der Waals surface area contributed by atoms with Crippen LogP contribution in [0.25, 0.3) is 0 Å².